The van der Waals surface area contributed by atoms with E-state index in [2.05, 4.69) is 27.1 Å². The van der Waals surface area contributed by atoms with E-state index in [-0.39, 0.29) is 10.7 Å². The maximum atomic E-state index is 12.9. The maximum Gasteiger partial charge on any atom is 0.416 e. The van der Waals surface area contributed by atoms with Crippen molar-refractivity contribution < 1.29 is 13.2 Å². The van der Waals surface area contributed by atoms with Crippen LogP contribution in [-0.2, 0) is 6.18 Å². The highest BCUT2D eigenvalue weighted by Gasteiger charge is 2.31. The fourth-order valence-corrected chi connectivity index (χ4v) is 2.93. The van der Waals surface area contributed by atoms with E-state index in [1.165, 1.54) is 12.4 Å². The molecule has 2 heterocycles. The largest absolute Gasteiger partial charge is 0.416 e. The molecule has 1 saturated heterocycles. The van der Waals surface area contributed by atoms with Crippen LogP contribution in [0, 0.1) is 5.92 Å². The standard InChI is InChI=1S/C17H18ClF3N4/c1-11-4-6-25(7-5-11)16-9-15(22-10-23-16)24-14-8-12(17(19,20)21)2-3-13(14)18/h2-3,8-11H,4-7H2,1H3,(H,22,23,24). The lowest BCUT2D eigenvalue weighted by atomic mass is 9.99. The van der Waals surface area contributed by atoms with E-state index in [9.17, 15) is 13.2 Å². The van der Waals surface area contributed by atoms with Crippen molar-refractivity contribution in [2.24, 2.45) is 5.92 Å². The third-order valence-corrected chi connectivity index (χ3v) is 4.65. The first-order valence-corrected chi connectivity index (χ1v) is 8.41. The van der Waals surface area contributed by atoms with Gasteiger partial charge in [0.2, 0.25) is 0 Å². The van der Waals surface area contributed by atoms with Gasteiger partial charge in [0, 0.05) is 19.2 Å². The Labute approximate surface area is 149 Å². The Morgan fingerprint density at radius 1 is 1.16 bits per heavy atom. The predicted octanol–water partition coefficient (Wildman–Crippen LogP) is 5.13. The van der Waals surface area contributed by atoms with Gasteiger partial charge in [0.1, 0.15) is 18.0 Å². The number of nitrogens with one attached hydrogen (secondary N) is 1. The van der Waals surface area contributed by atoms with Crippen molar-refractivity contribution in [3.63, 3.8) is 0 Å². The maximum absolute atomic E-state index is 12.9. The minimum atomic E-state index is -4.43. The first kappa shape index (κ1) is 17.8. The van der Waals surface area contributed by atoms with E-state index in [0.29, 0.717) is 11.7 Å². The SMILES string of the molecule is CC1CCN(c2cc(Nc3cc(C(F)(F)F)ccc3Cl)ncn2)CC1. The Morgan fingerprint density at radius 2 is 1.88 bits per heavy atom. The zero-order valence-electron chi connectivity index (χ0n) is 13.6. The lowest BCUT2D eigenvalue weighted by Gasteiger charge is -2.31. The molecule has 1 aromatic heterocycles. The smallest absolute Gasteiger partial charge is 0.356 e. The number of rotatable bonds is 3. The number of benzene rings is 1. The van der Waals surface area contributed by atoms with E-state index in [4.69, 9.17) is 11.6 Å². The summed E-state index contributed by atoms with van der Waals surface area (Å²) in [6.45, 7) is 4.03. The van der Waals surface area contributed by atoms with Crippen molar-refractivity contribution in [2.45, 2.75) is 25.9 Å². The number of piperidine rings is 1. The molecule has 1 aromatic carbocycles. The molecule has 0 spiro atoms. The third kappa shape index (κ3) is 4.34. The number of hydrogen-bond acceptors (Lipinski definition) is 4. The van der Waals surface area contributed by atoms with Crippen molar-refractivity contribution in [3.8, 4) is 0 Å². The number of hydrogen-bond donors (Lipinski definition) is 1. The molecule has 0 amide bonds. The summed E-state index contributed by atoms with van der Waals surface area (Å²) in [6, 6.07) is 4.88. The van der Waals surface area contributed by atoms with Crippen LogP contribution < -0.4 is 10.2 Å². The number of halogens is 4. The van der Waals surface area contributed by atoms with E-state index < -0.39 is 11.7 Å². The zero-order chi connectivity index (χ0) is 18.0. The molecule has 0 aliphatic carbocycles. The van der Waals surface area contributed by atoms with Gasteiger partial charge in [0.05, 0.1) is 16.3 Å². The molecule has 25 heavy (non-hydrogen) atoms. The molecular weight excluding hydrogens is 353 g/mol. The molecule has 1 fully saturated rings. The summed E-state index contributed by atoms with van der Waals surface area (Å²) >= 11 is 6.02. The van der Waals surface area contributed by atoms with Crippen LogP contribution in [0.1, 0.15) is 25.3 Å². The van der Waals surface area contributed by atoms with Crippen LogP contribution >= 0.6 is 11.6 Å². The predicted molar refractivity (Wildman–Crippen MR) is 92.4 cm³/mol. The first-order chi connectivity index (χ1) is 11.8. The molecule has 1 aliphatic rings. The van der Waals surface area contributed by atoms with Gasteiger partial charge in [-0.1, -0.05) is 18.5 Å². The van der Waals surface area contributed by atoms with E-state index in [1.54, 1.807) is 6.07 Å². The van der Waals surface area contributed by atoms with Crippen LogP contribution in [0.4, 0.5) is 30.5 Å². The Bertz CT molecular complexity index is 743. The topological polar surface area (TPSA) is 41.0 Å². The molecule has 8 heteroatoms. The number of nitrogens with zero attached hydrogens (tertiary/aromatic N) is 3. The lowest BCUT2D eigenvalue weighted by molar-refractivity contribution is -0.137. The Hall–Kier alpha value is -2.02. The highest BCUT2D eigenvalue weighted by atomic mass is 35.5. The lowest BCUT2D eigenvalue weighted by Crippen LogP contribution is -2.33. The summed E-state index contributed by atoms with van der Waals surface area (Å²) in [6.07, 6.45) is -0.849. The highest BCUT2D eigenvalue weighted by molar-refractivity contribution is 6.33. The monoisotopic (exact) mass is 370 g/mol. The normalized spacial score (nSPS) is 16.1. The van der Waals surface area contributed by atoms with Gasteiger partial charge in [0.25, 0.3) is 0 Å². The number of alkyl halides is 3. The summed E-state index contributed by atoms with van der Waals surface area (Å²) in [5.74, 6) is 1.86. The first-order valence-electron chi connectivity index (χ1n) is 8.03. The average Bonchev–Trinajstić information content (AvgIpc) is 2.57. The van der Waals surface area contributed by atoms with Gasteiger partial charge in [-0.05, 0) is 37.0 Å². The van der Waals surface area contributed by atoms with Gasteiger partial charge in [-0.15, -0.1) is 0 Å². The Morgan fingerprint density at radius 3 is 2.56 bits per heavy atom. The molecule has 0 unspecified atom stereocenters. The molecule has 0 saturated carbocycles. The van der Waals surface area contributed by atoms with Gasteiger partial charge in [-0.25, -0.2) is 9.97 Å². The third-order valence-electron chi connectivity index (χ3n) is 4.32. The van der Waals surface area contributed by atoms with E-state index >= 15 is 0 Å². The summed E-state index contributed by atoms with van der Waals surface area (Å²) < 4.78 is 38.6. The van der Waals surface area contributed by atoms with Crippen LogP contribution in [0.15, 0.2) is 30.6 Å². The summed E-state index contributed by atoms with van der Waals surface area (Å²) in [4.78, 5) is 10.5. The van der Waals surface area contributed by atoms with Crippen LogP contribution in [0.3, 0.4) is 0 Å². The summed E-state index contributed by atoms with van der Waals surface area (Å²) in [7, 11) is 0. The average molecular weight is 371 g/mol. The fraction of sp³-hybridized carbons (Fsp3) is 0.412. The highest BCUT2D eigenvalue weighted by Crippen LogP contribution is 2.35. The quantitative estimate of drug-likeness (QED) is 0.813. The molecule has 4 nitrogen and oxygen atoms in total. The second-order valence-corrected chi connectivity index (χ2v) is 6.66. The molecule has 1 aliphatic heterocycles. The molecule has 134 valence electrons. The molecule has 2 aromatic rings. The van der Waals surface area contributed by atoms with Crippen LogP contribution in [-0.4, -0.2) is 23.1 Å². The van der Waals surface area contributed by atoms with Gasteiger partial charge < -0.3 is 10.2 Å². The van der Waals surface area contributed by atoms with Crippen LogP contribution in [0.5, 0.6) is 0 Å². The van der Waals surface area contributed by atoms with Crippen LogP contribution in [0.25, 0.3) is 0 Å². The van der Waals surface area contributed by atoms with Gasteiger partial charge in [0.15, 0.2) is 0 Å². The van der Waals surface area contributed by atoms with Crippen molar-refractivity contribution in [2.75, 3.05) is 23.3 Å². The van der Waals surface area contributed by atoms with E-state index in [1.807, 2.05) is 0 Å². The minimum Gasteiger partial charge on any atom is -0.356 e. The summed E-state index contributed by atoms with van der Waals surface area (Å²) in [5.41, 5.74) is -0.605. The molecule has 0 atom stereocenters. The molecule has 3 rings (SSSR count). The molecule has 1 N–H and O–H groups in total. The number of aromatic nitrogens is 2. The second kappa shape index (κ2) is 7.07. The minimum absolute atomic E-state index is 0.161. The Balaban J connectivity index is 1.81. The zero-order valence-corrected chi connectivity index (χ0v) is 14.4. The van der Waals surface area contributed by atoms with Crippen molar-refractivity contribution in [1.82, 2.24) is 9.97 Å². The second-order valence-electron chi connectivity index (χ2n) is 6.25. The van der Waals surface area contributed by atoms with Crippen molar-refractivity contribution in [1.29, 1.82) is 0 Å². The van der Waals surface area contributed by atoms with Crippen molar-refractivity contribution in [3.05, 3.63) is 41.2 Å². The van der Waals surface area contributed by atoms with Gasteiger partial charge in [-0.3, -0.25) is 0 Å². The van der Waals surface area contributed by atoms with Gasteiger partial charge in [-0.2, -0.15) is 13.2 Å². The fourth-order valence-electron chi connectivity index (χ4n) is 2.76. The molecular formula is C17H18ClF3N4. The van der Waals surface area contributed by atoms with Crippen molar-refractivity contribution >= 4 is 28.9 Å². The van der Waals surface area contributed by atoms with Crippen LogP contribution in [0.2, 0.25) is 5.02 Å². The molecule has 0 radical (unpaired) electrons. The van der Waals surface area contributed by atoms with E-state index in [0.717, 1.165) is 43.9 Å². The number of anilines is 3. The van der Waals surface area contributed by atoms with Gasteiger partial charge >= 0.3 is 6.18 Å². The Kier molecular flexibility index (Phi) is 5.03. The summed E-state index contributed by atoms with van der Waals surface area (Å²) in [5, 5.41) is 3.06. The molecule has 0 bridgehead atoms.